The van der Waals surface area contributed by atoms with E-state index in [1.165, 1.54) is 26.0 Å². The number of hydrogen-bond donors (Lipinski definition) is 0. The zero-order chi connectivity index (χ0) is 16.8. The lowest BCUT2D eigenvalue weighted by Crippen LogP contribution is -2.45. The number of esters is 3. The fourth-order valence-electron chi connectivity index (χ4n) is 2.53. The Kier molecular flexibility index (Phi) is 6.04. The highest BCUT2D eigenvalue weighted by Gasteiger charge is 2.46. The van der Waals surface area contributed by atoms with E-state index >= 15 is 0 Å². The van der Waals surface area contributed by atoms with Gasteiger partial charge < -0.3 is 14.2 Å². The van der Waals surface area contributed by atoms with Crippen LogP contribution in [0.3, 0.4) is 0 Å². The summed E-state index contributed by atoms with van der Waals surface area (Å²) in [6.07, 6.45) is 0.394. The SMILES string of the molecule is COC(=O)C(C(=O)OC)C1CCOC(=O)C1Sc1ccccc1. The fraction of sp³-hybridized carbons (Fsp3) is 0.438. The van der Waals surface area contributed by atoms with E-state index in [0.29, 0.717) is 6.42 Å². The average molecular weight is 338 g/mol. The molecule has 1 heterocycles. The molecular formula is C16H18O6S. The van der Waals surface area contributed by atoms with Crippen molar-refractivity contribution >= 4 is 29.7 Å². The van der Waals surface area contributed by atoms with Gasteiger partial charge in [-0.3, -0.25) is 14.4 Å². The molecule has 0 N–H and O–H groups in total. The Morgan fingerprint density at radius 3 is 2.35 bits per heavy atom. The van der Waals surface area contributed by atoms with Gasteiger partial charge in [0.25, 0.3) is 0 Å². The molecule has 2 rings (SSSR count). The van der Waals surface area contributed by atoms with Crippen molar-refractivity contribution in [2.45, 2.75) is 16.6 Å². The van der Waals surface area contributed by atoms with E-state index in [-0.39, 0.29) is 6.61 Å². The molecule has 0 radical (unpaired) electrons. The summed E-state index contributed by atoms with van der Waals surface area (Å²) in [5, 5.41) is -0.672. The van der Waals surface area contributed by atoms with Crippen LogP contribution in [0.25, 0.3) is 0 Å². The summed E-state index contributed by atoms with van der Waals surface area (Å²) < 4.78 is 14.5. The van der Waals surface area contributed by atoms with Gasteiger partial charge in [-0.15, -0.1) is 11.8 Å². The number of thioether (sulfide) groups is 1. The number of methoxy groups -OCH3 is 2. The van der Waals surface area contributed by atoms with Gasteiger partial charge in [0.05, 0.1) is 20.8 Å². The van der Waals surface area contributed by atoms with Gasteiger partial charge in [0, 0.05) is 10.8 Å². The van der Waals surface area contributed by atoms with Crippen LogP contribution in [0.5, 0.6) is 0 Å². The molecule has 1 fully saturated rings. The normalized spacial score (nSPS) is 20.7. The van der Waals surface area contributed by atoms with Gasteiger partial charge in [0.2, 0.25) is 0 Å². The summed E-state index contributed by atoms with van der Waals surface area (Å²) >= 11 is 1.27. The summed E-state index contributed by atoms with van der Waals surface area (Å²) in [5.74, 6) is -3.52. The van der Waals surface area contributed by atoms with Crippen molar-refractivity contribution in [3.63, 3.8) is 0 Å². The first-order chi connectivity index (χ1) is 11.1. The van der Waals surface area contributed by atoms with Crippen LogP contribution < -0.4 is 0 Å². The second kappa shape index (κ2) is 8.01. The maximum Gasteiger partial charge on any atom is 0.320 e. The number of ether oxygens (including phenoxy) is 3. The first-order valence-corrected chi connectivity index (χ1v) is 8.00. The van der Waals surface area contributed by atoms with Gasteiger partial charge in [-0.05, 0) is 18.6 Å². The highest BCUT2D eigenvalue weighted by atomic mass is 32.2. The number of cyclic esters (lactones) is 1. The van der Waals surface area contributed by atoms with Crippen LogP contribution in [-0.4, -0.2) is 44.0 Å². The largest absolute Gasteiger partial charge is 0.468 e. The lowest BCUT2D eigenvalue weighted by atomic mass is 9.85. The first kappa shape index (κ1) is 17.3. The van der Waals surface area contributed by atoms with Crippen LogP contribution >= 0.6 is 11.8 Å². The summed E-state index contributed by atoms with van der Waals surface area (Å²) in [6.45, 7) is 0.167. The Morgan fingerprint density at radius 2 is 1.78 bits per heavy atom. The second-order valence-electron chi connectivity index (χ2n) is 5.00. The smallest absolute Gasteiger partial charge is 0.320 e. The van der Waals surface area contributed by atoms with Gasteiger partial charge in [0.15, 0.2) is 5.92 Å². The summed E-state index contributed by atoms with van der Waals surface area (Å²) in [6, 6.07) is 9.28. The molecule has 0 saturated carbocycles. The van der Waals surface area contributed by atoms with Crippen molar-refractivity contribution in [2.24, 2.45) is 11.8 Å². The van der Waals surface area contributed by atoms with Crippen molar-refractivity contribution < 1.29 is 28.6 Å². The minimum atomic E-state index is -1.14. The van der Waals surface area contributed by atoms with E-state index < -0.39 is 35.0 Å². The third-order valence-electron chi connectivity index (χ3n) is 3.66. The Balaban J connectivity index is 2.29. The minimum absolute atomic E-state index is 0.167. The van der Waals surface area contributed by atoms with Crippen LogP contribution in [0.2, 0.25) is 0 Å². The molecule has 0 bridgehead atoms. The van der Waals surface area contributed by atoms with Crippen molar-refractivity contribution in [1.29, 1.82) is 0 Å². The topological polar surface area (TPSA) is 78.9 Å². The van der Waals surface area contributed by atoms with Gasteiger partial charge in [-0.1, -0.05) is 18.2 Å². The van der Waals surface area contributed by atoms with Crippen molar-refractivity contribution in [3.05, 3.63) is 30.3 Å². The number of carbonyl (C=O) groups excluding carboxylic acids is 3. The molecule has 1 aromatic carbocycles. The van der Waals surface area contributed by atoms with Crippen LogP contribution in [0.4, 0.5) is 0 Å². The van der Waals surface area contributed by atoms with Crippen LogP contribution in [0.15, 0.2) is 35.2 Å². The molecule has 2 atom stereocenters. The molecule has 124 valence electrons. The van der Waals surface area contributed by atoms with Gasteiger partial charge in [-0.2, -0.15) is 0 Å². The first-order valence-electron chi connectivity index (χ1n) is 7.12. The van der Waals surface area contributed by atoms with E-state index in [1.54, 1.807) is 0 Å². The molecule has 1 aliphatic heterocycles. The molecule has 0 aromatic heterocycles. The highest BCUT2D eigenvalue weighted by molar-refractivity contribution is 8.00. The number of benzene rings is 1. The Bertz CT molecular complexity index is 557. The quantitative estimate of drug-likeness (QED) is 0.459. The third-order valence-corrected chi connectivity index (χ3v) is 5.00. The molecule has 0 amide bonds. The molecule has 6 nitrogen and oxygen atoms in total. The second-order valence-corrected chi connectivity index (χ2v) is 6.21. The third kappa shape index (κ3) is 4.04. The monoisotopic (exact) mass is 338 g/mol. The fourth-order valence-corrected chi connectivity index (χ4v) is 3.77. The molecule has 1 aromatic rings. The summed E-state index contributed by atoms with van der Waals surface area (Å²) in [5.41, 5.74) is 0. The van der Waals surface area contributed by atoms with E-state index in [2.05, 4.69) is 0 Å². The molecular weight excluding hydrogens is 320 g/mol. The molecule has 1 aliphatic rings. The van der Waals surface area contributed by atoms with Crippen molar-refractivity contribution in [2.75, 3.05) is 20.8 Å². The van der Waals surface area contributed by atoms with Gasteiger partial charge in [-0.25, -0.2) is 0 Å². The average Bonchev–Trinajstić information content (AvgIpc) is 2.58. The zero-order valence-electron chi connectivity index (χ0n) is 12.9. The molecule has 7 heteroatoms. The van der Waals surface area contributed by atoms with Crippen molar-refractivity contribution in [1.82, 2.24) is 0 Å². The Morgan fingerprint density at radius 1 is 1.17 bits per heavy atom. The number of carbonyl (C=O) groups is 3. The van der Waals surface area contributed by atoms with Crippen LogP contribution in [0.1, 0.15) is 6.42 Å². The maximum absolute atomic E-state index is 12.2. The van der Waals surface area contributed by atoms with Gasteiger partial charge in [0.1, 0.15) is 5.25 Å². The zero-order valence-corrected chi connectivity index (χ0v) is 13.7. The Hall–Kier alpha value is -2.02. The molecule has 23 heavy (non-hydrogen) atoms. The Labute approximate surface area is 138 Å². The highest BCUT2D eigenvalue weighted by Crippen LogP contribution is 2.38. The van der Waals surface area contributed by atoms with E-state index in [4.69, 9.17) is 14.2 Å². The number of hydrogen-bond acceptors (Lipinski definition) is 7. The molecule has 0 spiro atoms. The number of rotatable bonds is 5. The van der Waals surface area contributed by atoms with E-state index in [1.807, 2.05) is 30.3 Å². The van der Waals surface area contributed by atoms with Crippen LogP contribution in [-0.2, 0) is 28.6 Å². The molecule has 2 unspecified atom stereocenters. The summed E-state index contributed by atoms with van der Waals surface area (Å²) in [7, 11) is 2.41. The summed E-state index contributed by atoms with van der Waals surface area (Å²) in [4.78, 5) is 37.1. The predicted octanol–water partition coefficient (Wildman–Crippen LogP) is 1.67. The lowest BCUT2D eigenvalue weighted by Gasteiger charge is -2.32. The molecule has 1 saturated heterocycles. The maximum atomic E-state index is 12.2. The van der Waals surface area contributed by atoms with Crippen LogP contribution in [0, 0.1) is 11.8 Å². The standard InChI is InChI=1S/C16H18O6S/c1-20-14(17)12(15(18)21-2)11-8-9-22-16(19)13(11)23-10-6-4-3-5-7-10/h3-7,11-13H,8-9H2,1-2H3. The lowest BCUT2D eigenvalue weighted by molar-refractivity contribution is -0.165. The van der Waals surface area contributed by atoms with Gasteiger partial charge >= 0.3 is 17.9 Å². The van der Waals surface area contributed by atoms with Crippen molar-refractivity contribution in [3.8, 4) is 0 Å². The molecule has 0 aliphatic carbocycles. The van der Waals surface area contributed by atoms with E-state index in [9.17, 15) is 14.4 Å². The predicted molar refractivity (Wildman–Crippen MR) is 82.7 cm³/mol. The van der Waals surface area contributed by atoms with E-state index in [0.717, 1.165) is 4.90 Å². The minimum Gasteiger partial charge on any atom is -0.468 e.